The molecule has 1 aromatic carbocycles. The molecule has 1 aromatic rings. The van der Waals surface area contributed by atoms with E-state index in [1.54, 1.807) is 36.2 Å². The van der Waals surface area contributed by atoms with E-state index in [2.05, 4.69) is 0 Å². The number of carbonyl (C=O) groups excluding carboxylic acids is 2. The molecule has 1 aliphatic heterocycles. The van der Waals surface area contributed by atoms with Crippen LogP contribution in [0.15, 0.2) is 24.3 Å². The Balaban J connectivity index is 2.06. The number of carbonyl (C=O) groups is 2. The normalized spacial score (nSPS) is 13.5. The summed E-state index contributed by atoms with van der Waals surface area (Å²) >= 11 is 0. The summed E-state index contributed by atoms with van der Waals surface area (Å²) in [5, 5.41) is 0. The number of nitrogens with zero attached hydrogens (tertiary/aromatic N) is 2. The maximum atomic E-state index is 12.6. The number of fused-ring (bicyclic) bond motifs is 1. The molecule has 1 heterocycles. The van der Waals surface area contributed by atoms with Gasteiger partial charge in [-0.2, -0.15) is 0 Å². The molecular weight excluding hydrogens is 300 g/mol. The van der Waals surface area contributed by atoms with Crippen molar-refractivity contribution in [2.45, 2.75) is 0 Å². The summed E-state index contributed by atoms with van der Waals surface area (Å²) in [6.45, 7) is 2.05. The molecule has 126 valence electrons. The van der Waals surface area contributed by atoms with Crippen molar-refractivity contribution in [2.24, 2.45) is 0 Å². The zero-order valence-corrected chi connectivity index (χ0v) is 13.5. The second-order valence-corrected chi connectivity index (χ2v) is 5.16. The average Bonchev–Trinajstić information content (AvgIpc) is 2.54. The van der Waals surface area contributed by atoms with Gasteiger partial charge in [0.15, 0.2) is 5.75 Å². The minimum absolute atomic E-state index is 0.0607. The van der Waals surface area contributed by atoms with Crippen LogP contribution in [-0.4, -0.2) is 70.4 Å². The lowest BCUT2D eigenvalue weighted by Gasteiger charge is -2.31. The quantitative estimate of drug-likeness (QED) is 0.514. The van der Waals surface area contributed by atoms with Gasteiger partial charge in [-0.3, -0.25) is 4.79 Å². The zero-order valence-electron chi connectivity index (χ0n) is 13.5. The van der Waals surface area contributed by atoms with E-state index in [4.69, 9.17) is 14.2 Å². The van der Waals surface area contributed by atoms with Crippen LogP contribution in [0.4, 0.5) is 5.69 Å². The lowest BCUT2D eigenvalue weighted by molar-refractivity contribution is -0.134. The smallest absolute Gasteiger partial charge is 0.331 e. The van der Waals surface area contributed by atoms with Crippen molar-refractivity contribution < 1.29 is 23.8 Å². The van der Waals surface area contributed by atoms with Crippen LogP contribution in [0.1, 0.15) is 0 Å². The van der Waals surface area contributed by atoms with Crippen LogP contribution in [0.25, 0.3) is 0 Å². The minimum Gasteiger partial charge on any atom is -0.423 e. The maximum Gasteiger partial charge on any atom is 0.331 e. The maximum absolute atomic E-state index is 12.6. The molecule has 0 saturated heterocycles. The molecule has 0 radical (unpaired) electrons. The first-order valence-electron chi connectivity index (χ1n) is 7.46. The number of hydrogen-bond acceptors (Lipinski definition) is 6. The molecule has 0 aliphatic carbocycles. The second-order valence-electron chi connectivity index (χ2n) is 5.16. The summed E-state index contributed by atoms with van der Waals surface area (Å²) in [6, 6.07) is 7.20. The van der Waals surface area contributed by atoms with Crippen molar-refractivity contribution in [3.8, 4) is 5.75 Å². The number of methoxy groups -OCH3 is 2. The SMILES string of the molecule is COCCN(CCOC)C(=O)CN1CC(=O)Oc2ccccc21. The molecule has 0 saturated carbocycles. The molecule has 7 heteroatoms. The van der Waals surface area contributed by atoms with Gasteiger partial charge in [-0.05, 0) is 12.1 Å². The molecule has 0 spiro atoms. The van der Waals surface area contributed by atoms with Crippen LogP contribution in [0.5, 0.6) is 5.75 Å². The Labute approximate surface area is 135 Å². The number of para-hydroxylation sites is 2. The monoisotopic (exact) mass is 322 g/mol. The summed E-state index contributed by atoms with van der Waals surface area (Å²) in [7, 11) is 3.19. The zero-order chi connectivity index (χ0) is 16.7. The Hall–Kier alpha value is -2.12. The second kappa shape index (κ2) is 8.50. The molecule has 0 unspecified atom stereocenters. The Morgan fingerprint density at radius 2 is 1.87 bits per heavy atom. The highest BCUT2D eigenvalue weighted by molar-refractivity contribution is 5.89. The van der Waals surface area contributed by atoms with E-state index in [-0.39, 0.29) is 25.0 Å². The first-order chi connectivity index (χ1) is 11.2. The van der Waals surface area contributed by atoms with Gasteiger partial charge in [-0.1, -0.05) is 12.1 Å². The molecular formula is C16H22N2O5. The molecule has 0 aromatic heterocycles. The van der Waals surface area contributed by atoms with Gasteiger partial charge in [0, 0.05) is 27.3 Å². The lowest BCUT2D eigenvalue weighted by Crippen LogP contribution is -2.46. The van der Waals surface area contributed by atoms with Crippen LogP contribution >= 0.6 is 0 Å². The summed E-state index contributed by atoms with van der Waals surface area (Å²) in [5.74, 6) is 0.0392. The van der Waals surface area contributed by atoms with Crippen molar-refractivity contribution in [3.63, 3.8) is 0 Å². The third-order valence-electron chi connectivity index (χ3n) is 3.56. The van der Waals surface area contributed by atoms with E-state index in [1.165, 1.54) is 0 Å². The number of anilines is 1. The molecule has 0 N–H and O–H groups in total. The van der Waals surface area contributed by atoms with Crippen molar-refractivity contribution in [2.75, 3.05) is 58.5 Å². The Morgan fingerprint density at radius 3 is 2.52 bits per heavy atom. The van der Waals surface area contributed by atoms with Gasteiger partial charge in [0.1, 0.15) is 6.54 Å². The van der Waals surface area contributed by atoms with Gasteiger partial charge < -0.3 is 24.0 Å². The first kappa shape index (κ1) is 17.2. The van der Waals surface area contributed by atoms with Gasteiger partial charge in [-0.25, -0.2) is 4.79 Å². The Morgan fingerprint density at radius 1 is 1.22 bits per heavy atom. The van der Waals surface area contributed by atoms with Gasteiger partial charge >= 0.3 is 5.97 Å². The molecule has 1 aliphatic rings. The lowest BCUT2D eigenvalue weighted by atomic mass is 10.2. The number of esters is 1. The molecule has 1 amide bonds. The van der Waals surface area contributed by atoms with Crippen molar-refractivity contribution >= 4 is 17.6 Å². The fourth-order valence-corrected chi connectivity index (χ4v) is 2.37. The number of benzene rings is 1. The molecule has 7 nitrogen and oxygen atoms in total. The first-order valence-corrected chi connectivity index (χ1v) is 7.46. The number of ether oxygens (including phenoxy) is 3. The van der Waals surface area contributed by atoms with Crippen molar-refractivity contribution in [1.82, 2.24) is 4.90 Å². The van der Waals surface area contributed by atoms with E-state index in [0.717, 1.165) is 5.69 Å². The largest absolute Gasteiger partial charge is 0.423 e. The predicted molar refractivity (Wildman–Crippen MR) is 84.6 cm³/mol. The third-order valence-corrected chi connectivity index (χ3v) is 3.56. The standard InChI is InChI=1S/C16H22N2O5/c1-21-9-7-17(8-10-22-2)15(19)11-18-12-16(20)23-14-6-4-3-5-13(14)18/h3-6H,7-12H2,1-2H3. The summed E-state index contributed by atoms with van der Waals surface area (Å²) in [6.07, 6.45) is 0. The Kier molecular flexibility index (Phi) is 6.37. The highest BCUT2D eigenvalue weighted by atomic mass is 16.5. The topological polar surface area (TPSA) is 68.3 Å². The van der Waals surface area contributed by atoms with E-state index in [9.17, 15) is 9.59 Å². The van der Waals surface area contributed by atoms with E-state index in [0.29, 0.717) is 32.1 Å². The van der Waals surface area contributed by atoms with Crippen molar-refractivity contribution in [1.29, 1.82) is 0 Å². The van der Waals surface area contributed by atoms with Crippen LogP contribution < -0.4 is 9.64 Å². The predicted octanol–water partition coefficient (Wildman–Crippen LogP) is 0.533. The number of hydrogen-bond donors (Lipinski definition) is 0. The fourth-order valence-electron chi connectivity index (χ4n) is 2.37. The van der Waals surface area contributed by atoms with E-state index < -0.39 is 0 Å². The van der Waals surface area contributed by atoms with E-state index in [1.807, 2.05) is 12.1 Å². The highest BCUT2D eigenvalue weighted by Gasteiger charge is 2.26. The van der Waals surface area contributed by atoms with Crippen LogP contribution in [0.2, 0.25) is 0 Å². The van der Waals surface area contributed by atoms with E-state index >= 15 is 0 Å². The third kappa shape index (κ3) is 4.67. The minimum atomic E-state index is -0.364. The highest BCUT2D eigenvalue weighted by Crippen LogP contribution is 2.31. The van der Waals surface area contributed by atoms with Crippen molar-refractivity contribution in [3.05, 3.63) is 24.3 Å². The van der Waals surface area contributed by atoms with Crippen LogP contribution in [0.3, 0.4) is 0 Å². The molecule has 0 atom stereocenters. The number of amides is 1. The Bertz CT molecular complexity index is 541. The molecule has 2 rings (SSSR count). The molecule has 0 bridgehead atoms. The summed E-state index contributed by atoms with van der Waals surface area (Å²) < 4.78 is 15.3. The van der Waals surface area contributed by atoms with Gasteiger partial charge in [0.05, 0.1) is 25.4 Å². The summed E-state index contributed by atoms with van der Waals surface area (Å²) in [4.78, 5) is 27.7. The summed E-state index contributed by atoms with van der Waals surface area (Å²) in [5.41, 5.74) is 0.749. The van der Waals surface area contributed by atoms with Gasteiger partial charge in [-0.15, -0.1) is 0 Å². The fraction of sp³-hybridized carbons (Fsp3) is 0.500. The molecule has 23 heavy (non-hydrogen) atoms. The number of rotatable bonds is 8. The van der Waals surface area contributed by atoms with Crippen LogP contribution in [0, 0.1) is 0 Å². The van der Waals surface area contributed by atoms with Crippen LogP contribution in [-0.2, 0) is 19.1 Å². The van der Waals surface area contributed by atoms with Gasteiger partial charge in [0.25, 0.3) is 0 Å². The molecule has 0 fully saturated rings. The van der Waals surface area contributed by atoms with Gasteiger partial charge in [0.2, 0.25) is 5.91 Å². The average molecular weight is 322 g/mol.